The summed E-state index contributed by atoms with van der Waals surface area (Å²) in [5, 5.41) is 5.46. The van der Waals surface area contributed by atoms with Gasteiger partial charge in [-0.2, -0.15) is 11.3 Å². The van der Waals surface area contributed by atoms with Gasteiger partial charge in [-0.15, -0.1) is 11.3 Å². The van der Waals surface area contributed by atoms with Gasteiger partial charge in [-0.1, -0.05) is 0 Å². The second kappa shape index (κ2) is 4.43. The molecule has 0 saturated heterocycles. The van der Waals surface area contributed by atoms with E-state index in [9.17, 15) is 0 Å². The van der Waals surface area contributed by atoms with Crippen molar-refractivity contribution < 1.29 is 0 Å². The zero-order chi connectivity index (χ0) is 10.8. The van der Waals surface area contributed by atoms with Gasteiger partial charge in [0.15, 0.2) is 0 Å². The van der Waals surface area contributed by atoms with Crippen molar-refractivity contribution in [2.24, 2.45) is 5.73 Å². The molecule has 80 valence electrons. The molecule has 0 aliphatic heterocycles. The SMILES string of the molecule is Cc1cscc1-c1nc(C)c(CCN)s1. The average Bonchev–Trinajstić information content (AvgIpc) is 2.75. The predicted molar refractivity (Wildman–Crippen MR) is 67.7 cm³/mol. The van der Waals surface area contributed by atoms with Crippen molar-refractivity contribution in [3.05, 3.63) is 26.9 Å². The molecule has 2 nitrogen and oxygen atoms in total. The van der Waals surface area contributed by atoms with Gasteiger partial charge >= 0.3 is 0 Å². The molecule has 0 spiro atoms. The number of nitrogens with zero attached hydrogens (tertiary/aromatic N) is 1. The number of hydrogen-bond donors (Lipinski definition) is 1. The van der Waals surface area contributed by atoms with E-state index in [-0.39, 0.29) is 0 Å². The van der Waals surface area contributed by atoms with Crippen molar-refractivity contribution in [1.29, 1.82) is 0 Å². The van der Waals surface area contributed by atoms with Gasteiger partial charge in [-0.05, 0) is 37.8 Å². The fourth-order valence-corrected chi connectivity index (χ4v) is 3.55. The Labute approximate surface area is 97.8 Å². The molecule has 4 heteroatoms. The molecule has 0 aliphatic rings. The van der Waals surface area contributed by atoms with E-state index in [0.29, 0.717) is 6.54 Å². The van der Waals surface area contributed by atoms with Gasteiger partial charge in [-0.3, -0.25) is 0 Å². The molecule has 0 fully saturated rings. The van der Waals surface area contributed by atoms with Crippen LogP contribution in [0.4, 0.5) is 0 Å². The van der Waals surface area contributed by atoms with Crippen molar-refractivity contribution >= 4 is 22.7 Å². The van der Waals surface area contributed by atoms with E-state index in [1.807, 2.05) is 0 Å². The Kier molecular flexibility index (Phi) is 3.19. The quantitative estimate of drug-likeness (QED) is 0.893. The normalized spacial score (nSPS) is 10.9. The maximum Gasteiger partial charge on any atom is 0.124 e. The maximum absolute atomic E-state index is 5.57. The first kappa shape index (κ1) is 10.8. The third kappa shape index (κ3) is 2.12. The second-order valence-corrected chi connectivity index (χ2v) is 5.36. The van der Waals surface area contributed by atoms with Gasteiger partial charge in [0.05, 0.1) is 5.69 Å². The summed E-state index contributed by atoms with van der Waals surface area (Å²) in [5.41, 5.74) is 9.29. The number of thiazole rings is 1. The molecule has 0 bridgehead atoms. The molecule has 15 heavy (non-hydrogen) atoms. The minimum absolute atomic E-state index is 0.699. The van der Waals surface area contributed by atoms with E-state index >= 15 is 0 Å². The van der Waals surface area contributed by atoms with Crippen LogP contribution < -0.4 is 5.73 Å². The summed E-state index contributed by atoms with van der Waals surface area (Å²) >= 11 is 3.50. The van der Waals surface area contributed by atoms with E-state index in [1.165, 1.54) is 16.0 Å². The molecular weight excluding hydrogens is 224 g/mol. The van der Waals surface area contributed by atoms with Gasteiger partial charge in [0, 0.05) is 15.8 Å². The zero-order valence-corrected chi connectivity index (χ0v) is 10.5. The van der Waals surface area contributed by atoms with Crippen LogP contribution in [0.5, 0.6) is 0 Å². The third-order valence-corrected chi connectivity index (χ3v) is 4.46. The summed E-state index contributed by atoms with van der Waals surface area (Å²) in [6, 6.07) is 0. The highest BCUT2D eigenvalue weighted by atomic mass is 32.1. The molecule has 0 amide bonds. The fourth-order valence-electron chi connectivity index (χ4n) is 1.49. The highest BCUT2D eigenvalue weighted by Gasteiger charge is 2.10. The van der Waals surface area contributed by atoms with Crippen LogP contribution in [0.3, 0.4) is 0 Å². The molecular formula is C11H14N2S2. The molecule has 0 aromatic carbocycles. The van der Waals surface area contributed by atoms with Crippen LogP contribution in [0.1, 0.15) is 16.1 Å². The number of aromatic nitrogens is 1. The largest absolute Gasteiger partial charge is 0.330 e. The summed E-state index contributed by atoms with van der Waals surface area (Å²) in [6.45, 7) is 4.89. The average molecular weight is 238 g/mol. The van der Waals surface area contributed by atoms with Crippen LogP contribution >= 0.6 is 22.7 Å². The van der Waals surface area contributed by atoms with E-state index in [2.05, 4.69) is 29.6 Å². The summed E-state index contributed by atoms with van der Waals surface area (Å²) in [6.07, 6.45) is 0.937. The van der Waals surface area contributed by atoms with Crippen LogP contribution in [-0.2, 0) is 6.42 Å². The first-order valence-electron chi connectivity index (χ1n) is 4.92. The molecule has 0 saturated carbocycles. The van der Waals surface area contributed by atoms with Crippen molar-refractivity contribution in [3.8, 4) is 10.6 Å². The number of aryl methyl sites for hydroxylation is 2. The minimum Gasteiger partial charge on any atom is -0.330 e. The number of nitrogens with two attached hydrogens (primary N) is 1. The van der Waals surface area contributed by atoms with Crippen LogP contribution in [-0.4, -0.2) is 11.5 Å². The Hall–Kier alpha value is -0.710. The summed E-state index contributed by atoms with van der Waals surface area (Å²) in [5.74, 6) is 0. The molecule has 0 unspecified atom stereocenters. The number of hydrogen-bond acceptors (Lipinski definition) is 4. The van der Waals surface area contributed by atoms with Crippen LogP contribution in [0, 0.1) is 13.8 Å². The summed E-state index contributed by atoms with van der Waals surface area (Å²) in [7, 11) is 0. The van der Waals surface area contributed by atoms with Gasteiger partial charge < -0.3 is 5.73 Å². The van der Waals surface area contributed by atoms with Crippen LogP contribution in [0.15, 0.2) is 10.8 Å². The molecule has 2 aromatic heterocycles. The Balaban J connectivity index is 2.38. The van der Waals surface area contributed by atoms with Crippen molar-refractivity contribution in [2.45, 2.75) is 20.3 Å². The zero-order valence-electron chi connectivity index (χ0n) is 8.91. The second-order valence-electron chi connectivity index (χ2n) is 3.53. The lowest BCUT2D eigenvalue weighted by Crippen LogP contribution is -2.01. The Morgan fingerprint density at radius 2 is 2.13 bits per heavy atom. The molecule has 0 radical (unpaired) electrons. The highest BCUT2D eigenvalue weighted by Crippen LogP contribution is 2.32. The van der Waals surface area contributed by atoms with E-state index < -0.39 is 0 Å². The standard InChI is InChI=1S/C11H14N2S2/c1-7-5-14-6-9(7)11-13-8(2)10(15-11)3-4-12/h5-6H,3-4,12H2,1-2H3. The van der Waals surface area contributed by atoms with E-state index in [0.717, 1.165) is 17.1 Å². The lowest BCUT2D eigenvalue weighted by Gasteiger charge is -1.92. The lowest BCUT2D eigenvalue weighted by molar-refractivity contribution is 0.970. The Morgan fingerprint density at radius 3 is 2.73 bits per heavy atom. The topological polar surface area (TPSA) is 38.9 Å². The molecule has 0 aliphatic carbocycles. The number of rotatable bonds is 3. The van der Waals surface area contributed by atoms with Crippen LogP contribution in [0.2, 0.25) is 0 Å². The highest BCUT2D eigenvalue weighted by molar-refractivity contribution is 7.15. The van der Waals surface area contributed by atoms with Gasteiger partial charge in [-0.25, -0.2) is 4.98 Å². The van der Waals surface area contributed by atoms with E-state index in [1.54, 1.807) is 22.7 Å². The van der Waals surface area contributed by atoms with Crippen LogP contribution in [0.25, 0.3) is 10.6 Å². The summed E-state index contributed by atoms with van der Waals surface area (Å²) in [4.78, 5) is 5.92. The first-order chi connectivity index (χ1) is 7.22. The maximum atomic E-state index is 5.57. The van der Waals surface area contributed by atoms with Gasteiger partial charge in [0.25, 0.3) is 0 Å². The molecule has 2 N–H and O–H groups in total. The predicted octanol–water partition coefficient (Wildman–Crippen LogP) is 2.99. The smallest absolute Gasteiger partial charge is 0.124 e. The fraction of sp³-hybridized carbons (Fsp3) is 0.364. The molecule has 2 rings (SSSR count). The Morgan fingerprint density at radius 1 is 1.33 bits per heavy atom. The molecule has 2 heterocycles. The Bertz CT molecular complexity index is 457. The van der Waals surface area contributed by atoms with Crippen molar-refractivity contribution in [2.75, 3.05) is 6.54 Å². The van der Waals surface area contributed by atoms with Crippen molar-refractivity contribution in [3.63, 3.8) is 0 Å². The monoisotopic (exact) mass is 238 g/mol. The molecule has 2 aromatic rings. The minimum atomic E-state index is 0.699. The third-order valence-electron chi connectivity index (χ3n) is 2.35. The summed E-state index contributed by atoms with van der Waals surface area (Å²) < 4.78 is 0. The number of thiophene rings is 1. The van der Waals surface area contributed by atoms with Crippen molar-refractivity contribution in [1.82, 2.24) is 4.98 Å². The lowest BCUT2D eigenvalue weighted by atomic mass is 10.2. The van der Waals surface area contributed by atoms with Gasteiger partial charge in [0.1, 0.15) is 5.01 Å². The molecule has 0 atom stereocenters. The first-order valence-corrected chi connectivity index (χ1v) is 6.68. The van der Waals surface area contributed by atoms with Gasteiger partial charge in [0.2, 0.25) is 0 Å². The van der Waals surface area contributed by atoms with E-state index in [4.69, 9.17) is 5.73 Å².